The smallest absolute Gasteiger partial charge is 0.412 e. The first-order valence-corrected chi connectivity index (χ1v) is 12.4. The summed E-state index contributed by atoms with van der Waals surface area (Å²) >= 11 is 7.37. The Labute approximate surface area is 213 Å². The Morgan fingerprint density at radius 3 is 2.60 bits per heavy atom. The van der Waals surface area contributed by atoms with Crippen LogP contribution in [0.25, 0.3) is 0 Å². The van der Waals surface area contributed by atoms with E-state index in [1.54, 1.807) is 0 Å². The molecule has 194 valence electrons. The van der Waals surface area contributed by atoms with Gasteiger partial charge in [-0.1, -0.05) is 31.7 Å². The summed E-state index contributed by atoms with van der Waals surface area (Å²) in [5.74, 6) is -1.04. The number of ether oxygens (including phenoxy) is 2. The second-order valence-corrected chi connectivity index (χ2v) is 10.0. The number of rotatable bonds is 10. The van der Waals surface area contributed by atoms with Crippen LogP contribution in [0.4, 0.5) is 23.2 Å². The molecular formula is C25H30ClF4NO3S. The monoisotopic (exact) mass is 535 g/mol. The van der Waals surface area contributed by atoms with E-state index in [1.165, 1.54) is 17.9 Å². The molecule has 0 bridgehead atoms. The number of hydrogen-bond donors (Lipinski definition) is 0. The molecule has 1 aromatic carbocycles. The molecule has 0 amide bonds. The maximum absolute atomic E-state index is 14.9. The Morgan fingerprint density at radius 1 is 1.37 bits per heavy atom. The molecule has 0 aliphatic carbocycles. The number of esters is 1. The van der Waals surface area contributed by atoms with Crippen molar-refractivity contribution in [1.29, 1.82) is 0 Å². The number of anilines is 1. The molecule has 0 radical (unpaired) electrons. The Balaban J connectivity index is 2.27. The van der Waals surface area contributed by atoms with Crippen molar-refractivity contribution >= 4 is 35.0 Å². The minimum Gasteiger partial charge on any atom is -0.464 e. The standard InChI is InChI=1S/C25H30ClF4NO3S/c1-6-22(24(32)34-14-18-8-7-9-33-13-18)35-23-12-21(20(27)11-19(23)26)31(15(2)3)17(5)10-16(4)25(28,29)30/h10-12,18,22H,2,5-9,13-14H2,1,3-4H3/b16-10+. The van der Waals surface area contributed by atoms with E-state index in [0.717, 1.165) is 43.7 Å². The van der Waals surface area contributed by atoms with Crippen molar-refractivity contribution < 1.29 is 31.8 Å². The van der Waals surface area contributed by atoms with E-state index in [4.69, 9.17) is 21.1 Å². The van der Waals surface area contributed by atoms with Crippen LogP contribution in [0.1, 0.15) is 40.0 Å². The van der Waals surface area contributed by atoms with Crippen LogP contribution in [0.2, 0.25) is 5.02 Å². The second kappa shape index (κ2) is 12.8. The zero-order chi connectivity index (χ0) is 26.3. The summed E-state index contributed by atoms with van der Waals surface area (Å²) in [6.07, 6.45) is -1.46. The van der Waals surface area contributed by atoms with E-state index in [9.17, 15) is 22.4 Å². The predicted molar refractivity (Wildman–Crippen MR) is 132 cm³/mol. The highest BCUT2D eigenvalue weighted by molar-refractivity contribution is 8.00. The molecule has 0 aromatic heterocycles. The first-order chi connectivity index (χ1) is 16.3. The lowest BCUT2D eigenvalue weighted by Crippen LogP contribution is -2.27. The fourth-order valence-electron chi connectivity index (χ4n) is 3.47. The molecule has 0 N–H and O–H groups in total. The van der Waals surface area contributed by atoms with Crippen LogP contribution in [0.3, 0.4) is 0 Å². The molecule has 1 saturated heterocycles. The molecule has 2 unspecified atom stereocenters. The summed E-state index contributed by atoms with van der Waals surface area (Å²) in [6.45, 7) is 13.2. The van der Waals surface area contributed by atoms with Crippen molar-refractivity contribution in [3.8, 4) is 0 Å². The Morgan fingerprint density at radius 2 is 2.06 bits per heavy atom. The van der Waals surface area contributed by atoms with Gasteiger partial charge in [0.25, 0.3) is 0 Å². The summed E-state index contributed by atoms with van der Waals surface area (Å²) in [5.41, 5.74) is -0.844. The van der Waals surface area contributed by atoms with Gasteiger partial charge in [-0.25, -0.2) is 4.39 Å². The summed E-state index contributed by atoms with van der Waals surface area (Å²) in [4.78, 5) is 14.2. The van der Waals surface area contributed by atoms with Gasteiger partial charge in [0.2, 0.25) is 0 Å². The number of carbonyl (C=O) groups excluding carboxylic acids is 1. The molecule has 4 nitrogen and oxygen atoms in total. The molecule has 1 aromatic rings. The average Bonchev–Trinajstić information content (AvgIpc) is 2.78. The molecule has 0 spiro atoms. The number of allylic oxidation sites excluding steroid dienone is 3. The van der Waals surface area contributed by atoms with Crippen LogP contribution in [0.5, 0.6) is 0 Å². The number of thioether (sulfide) groups is 1. The van der Waals surface area contributed by atoms with Crippen molar-refractivity contribution in [1.82, 2.24) is 0 Å². The second-order valence-electron chi connectivity index (χ2n) is 8.35. The van der Waals surface area contributed by atoms with E-state index in [1.807, 2.05) is 6.92 Å². The lowest BCUT2D eigenvalue weighted by atomic mass is 10.0. The molecule has 1 fully saturated rings. The third kappa shape index (κ3) is 8.29. The van der Waals surface area contributed by atoms with Gasteiger partial charge in [0, 0.05) is 34.4 Å². The van der Waals surface area contributed by atoms with Gasteiger partial charge in [0.05, 0.1) is 23.9 Å². The van der Waals surface area contributed by atoms with Crippen LogP contribution in [-0.2, 0) is 14.3 Å². The Bertz CT molecular complexity index is 974. The van der Waals surface area contributed by atoms with Crippen LogP contribution >= 0.6 is 23.4 Å². The van der Waals surface area contributed by atoms with Crippen molar-refractivity contribution in [2.45, 2.75) is 56.4 Å². The summed E-state index contributed by atoms with van der Waals surface area (Å²) < 4.78 is 64.9. The minimum absolute atomic E-state index is 0.0671. The quantitative estimate of drug-likeness (QED) is 0.133. The highest BCUT2D eigenvalue weighted by Crippen LogP contribution is 2.39. The Kier molecular flexibility index (Phi) is 10.7. The summed E-state index contributed by atoms with van der Waals surface area (Å²) in [5, 5.41) is -0.540. The van der Waals surface area contributed by atoms with E-state index < -0.39 is 28.8 Å². The molecule has 1 aliphatic heterocycles. The summed E-state index contributed by atoms with van der Waals surface area (Å²) in [7, 11) is 0. The summed E-state index contributed by atoms with van der Waals surface area (Å²) in [6, 6.07) is 2.43. The molecule has 1 heterocycles. The highest BCUT2D eigenvalue weighted by Gasteiger charge is 2.31. The minimum atomic E-state index is -4.55. The van der Waals surface area contributed by atoms with E-state index in [2.05, 4.69) is 13.2 Å². The van der Waals surface area contributed by atoms with E-state index in [0.29, 0.717) is 24.5 Å². The van der Waals surface area contributed by atoms with Crippen molar-refractivity contribution in [2.24, 2.45) is 5.92 Å². The van der Waals surface area contributed by atoms with E-state index in [-0.39, 0.29) is 34.6 Å². The van der Waals surface area contributed by atoms with Gasteiger partial charge in [-0.2, -0.15) is 13.2 Å². The van der Waals surface area contributed by atoms with Crippen LogP contribution in [0, 0.1) is 11.7 Å². The molecule has 2 rings (SSSR count). The van der Waals surface area contributed by atoms with Crippen molar-refractivity contribution in [3.63, 3.8) is 0 Å². The van der Waals surface area contributed by atoms with Gasteiger partial charge in [-0.3, -0.25) is 4.79 Å². The fraction of sp³-hybridized carbons (Fsp3) is 0.480. The lowest BCUT2D eigenvalue weighted by molar-refractivity contribution is -0.145. The average molecular weight is 536 g/mol. The SMILES string of the molecule is C=C(C)N(C(=C)/C=C(\C)C(F)(F)F)c1cc(SC(CC)C(=O)OCC2CCCOC2)c(Cl)cc1F. The fourth-order valence-corrected chi connectivity index (χ4v) is 4.74. The van der Waals surface area contributed by atoms with Crippen LogP contribution in [0.15, 0.2) is 53.2 Å². The maximum Gasteiger partial charge on any atom is 0.412 e. The molecule has 35 heavy (non-hydrogen) atoms. The topological polar surface area (TPSA) is 38.8 Å². The van der Waals surface area contributed by atoms with Crippen LogP contribution < -0.4 is 4.90 Å². The number of benzene rings is 1. The first-order valence-electron chi connectivity index (χ1n) is 11.1. The maximum atomic E-state index is 14.9. The van der Waals surface area contributed by atoms with Gasteiger partial charge in [-0.15, -0.1) is 11.8 Å². The van der Waals surface area contributed by atoms with Crippen molar-refractivity contribution in [3.05, 3.63) is 59.2 Å². The molecular weight excluding hydrogens is 506 g/mol. The Hall–Kier alpha value is -1.97. The van der Waals surface area contributed by atoms with Crippen LogP contribution in [-0.4, -0.2) is 37.2 Å². The third-order valence-corrected chi connectivity index (χ3v) is 7.19. The lowest BCUT2D eigenvalue weighted by Gasteiger charge is -2.27. The number of carbonyl (C=O) groups is 1. The number of halogens is 5. The van der Waals surface area contributed by atoms with E-state index >= 15 is 0 Å². The largest absolute Gasteiger partial charge is 0.464 e. The normalized spacial score (nSPS) is 17.6. The van der Waals surface area contributed by atoms with Gasteiger partial charge < -0.3 is 14.4 Å². The van der Waals surface area contributed by atoms with Gasteiger partial charge in [-0.05, 0) is 51.3 Å². The van der Waals surface area contributed by atoms with Crippen molar-refractivity contribution in [2.75, 3.05) is 24.7 Å². The molecule has 2 atom stereocenters. The number of hydrogen-bond acceptors (Lipinski definition) is 5. The molecule has 0 saturated carbocycles. The zero-order valence-corrected chi connectivity index (χ0v) is 21.6. The first kappa shape index (κ1) is 29.3. The molecule has 1 aliphatic rings. The number of alkyl halides is 3. The van der Waals surface area contributed by atoms with Gasteiger partial charge in [0.1, 0.15) is 11.1 Å². The van der Waals surface area contributed by atoms with Gasteiger partial charge in [0.15, 0.2) is 0 Å². The highest BCUT2D eigenvalue weighted by atomic mass is 35.5. The van der Waals surface area contributed by atoms with Gasteiger partial charge >= 0.3 is 12.1 Å². The third-order valence-electron chi connectivity index (χ3n) is 5.36. The zero-order valence-electron chi connectivity index (χ0n) is 20.0. The number of nitrogens with zero attached hydrogens (tertiary/aromatic N) is 1. The molecule has 10 heteroatoms. The predicted octanol–water partition coefficient (Wildman–Crippen LogP) is 7.68.